The average Bonchev–Trinajstić information content (AvgIpc) is 0.836. The van der Waals surface area contributed by atoms with Crippen LogP contribution in [0.25, 0.3) is 39.6 Å². The van der Waals surface area contributed by atoms with Gasteiger partial charge in [0.1, 0.15) is 36.6 Å². The smallest absolute Gasteiger partial charge is 0.177 e. The number of benzene rings is 3. The molecule has 2 saturated carbocycles. The summed E-state index contributed by atoms with van der Waals surface area (Å²) >= 11 is 0. The van der Waals surface area contributed by atoms with Crippen LogP contribution >= 0.6 is 0 Å². The van der Waals surface area contributed by atoms with Gasteiger partial charge < -0.3 is 4.40 Å². The lowest BCUT2D eigenvalue weighted by molar-refractivity contribution is -0.0335. The van der Waals surface area contributed by atoms with Crippen molar-refractivity contribution in [1.82, 2.24) is 97.7 Å². The molecule has 4 aliphatic heterocycles. The summed E-state index contributed by atoms with van der Waals surface area (Å²) in [5.74, 6) is 8.65. The first-order valence-corrected chi connectivity index (χ1v) is 52.7. The molecule has 748 valence electrons. The Morgan fingerprint density at radius 3 is 1.11 bits per heavy atom. The highest BCUT2D eigenvalue weighted by molar-refractivity contribution is 5.85. The second-order valence-corrected chi connectivity index (χ2v) is 44.2. The number of aromatic amines is 1. The normalized spacial score (nSPS) is 17.4. The SMILES string of the molecule is CC(C)N1CCN(C(C)C)[C@@H]2CCCC[C@H]21.CC(C)N1CCN(C(C)C)[C@H]2CCCC[C@@H]21.CC(C)c1ccc(C(C)C)c2[nH]ncc12.CC(C)c1ccc(C(C)C)c2c1=CCN=2.CC(C)c1ccc(C(C)C)c2c1=NCN=2.CC(C)c1cnc(C(C)C)n2ccnc12.CC(C)c1cnc(C(C)C)n2ncnc12.CC(C)c1ncc(C(C)C)n2ccnc12.CC(C)c1ncc(C(C)C)n2ncnc12. The summed E-state index contributed by atoms with van der Waals surface area (Å²) in [6.45, 7) is 86.4. The Labute approximate surface area is 823 Å². The number of H-pyrrole nitrogens is 1. The van der Waals surface area contributed by atoms with Crippen LogP contribution in [0.15, 0.2) is 120 Å². The molecule has 1 N–H and O–H groups in total. The summed E-state index contributed by atoms with van der Waals surface area (Å²) in [6.07, 6.45) is 34.3. The topological polar surface area (TPSA) is 225 Å². The summed E-state index contributed by atoms with van der Waals surface area (Å²) in [5, 5.41) is 21.9. The Hall–Kier alpha value is -9.42. The maximum absolute atomic E-state index is 4.61. The Morgan fingerprint density at radius 2 is 0.679 bits per heavy atom. The van der Waals surface area contributed by atoms with Gasteiger partial charge in [0.05, 0.1) is 51.4 Å². The number of nitrogens with zero attached hydrogens (tertiary/aromatic N) is 22. The highest BCUT2D eigenvalue weighted by Crippen LogP contribution is 2.37. The Balaban J connectivity index is 0.000000159. The lowest BCUT2D eigenvalue weighted by Crippen LogP contribution is -2.63. The molecule has 0 amide bonds. The second-order valence-electron chi connectivity index (χ2n) is 44.2. The van der Waals surface area contributed by atoms with Crippen LogP contribution in [0.3, 0.4) is 0 Å². The highest BCUT2D eigenvalue weighted by Gasteiger charge is 2.41. The van der Waals surface area contributed by atoms with E-state index in [-0.39, 0.29) is 0 Å². The molecule has 137 heavy (non-hydrogen) atoms. The number of imidazole rings is 2. The van der Waals surface area contributed by atoms with E-state index in [1.165, 1.54) is 144 Å². The summed E-state index contributed by atoms with van der Waals surface area (Å²) in [4.78, 5) is 59.9. The summed E-state index contributed by atoms with van der Waals surface area (Å²) < 4.78 is 7.99. The summed E-state index contributed by atoms with van der Waals surface area (Å²) in [7, 11) is 0. The fraction of sp³-hybridized carbons (Fsp3) is 0.632. The van der Waals surface area contributed by atoms with Gasteiger partial charge >= 0.3 is 0 Å². The molecule has 23 heteroatoms. The van der Waals surface area contributed by atoms with Crippen LogP contribution in [0.4, 0.5) is 0 Å². The molecule has 0 unspecified atom stereocenters. The minimum atomic E-state index is 0.357. The summed E-state index contributed by atoms with van der Waals surface area (Å²) in [6, 6.07) is 19.6. The van der Waals surface area contributed by atoms with Crippen LogP contribution in [-0.4, -0.2) is 185 Å². The molecule has 4 atom stereocenters. The standard InChI is InChI=1S/2C14H28N2.C14H19N.2C13H18N2.2C12H17N3.2C11H16N4/c2*1-11(2)15-9-10-16(12(3)4)14-8-6-5-7-13(14)15;1-9(2)11-5-6-12(10(3)4)14-13(11)7-8-15-14;1-8(2)10-5-6-11(9(3)4)13-12(10)14-7-15-13;1-8(2)10-5-6-11(9(3)4)13-12(10)7-14-15-13;1-8(2)10-7-14-11(9(3)4)12-13-5-6-15(10)12;1-8(2)10-7-14-11(9(3)4)15-6-5-13-12(10)15;1-7(2)9-5-12-10(8(3)4)11-13-6-14-15(9)11;1-7(2)9-5-12-10(8(3)4)15-11(9)13-6-14-15/h2*11-14H,5-10H2,1-4H3;5-7,9-10H,8H2,1-4H3;5-6,8-9H,7H2,1-4H3;5-9H,1-4H3,(H,14,15);2*5-9H,1-4H3;2*5-8H,1-4H3/t2*13-,14-;;;;;;;/m10......./s1. The van der Waals surface area contributed by atoms with E-state index in [0.717, 1.165) is 122 Å². The third kappa shape index (κ3) is 26.6. The van der Waals surface area contributed by atoms with Crippen molar-refractivity contribution in [2.45, 2.75) is 432 Å². The van der Waals surface area contributed by atoms with Gasteiger partial charge in [-0.15, -0.1) is 0 Å². The predicted molar refractivity (Wildman–Crippen MR) is 571 cm³/mol. The lowest BCUT2D eigenvalue weighted by atomic mass is 9.85. The largest absolute Gasteiger partial charge is 0.301 e. The quantitative estimate of drug-likeness (QED) is 0.0843. The van der Waals surface area contributed by atoms with Crippen molar-refractivity contribution in [1.29, 1.82) is 0 Å². The molecule has 2 saturated heterocycles. The van der Waals surface area contributed by atoms with E-state index in [1.54, 1.807) is 12.7 Å². The van der Waals surface area contributed by atoms with Gasteiger partial charge in [0, 0.05) is 163 Å². The molecule has 4 fully saturated rings. The van der Waals surface area contributed by atoms with E-state index in [0.29, 0.717) is 89.5 Å². The predicted octanol–water partition coefficient (Wildman–Crippen LogP) is 24.5. The number of fused-ring (bicyclic) bond motifs is 9. The zero-order valence-corrected chi connectivity index (χ0v) is 91.3. The summed E-state index contributed by atoms with van der Waals surface area (Å²) in [5.41, 5.74) is 20.1. The van der Waals surface area contributed by atoms with Crippen LogP contribution in [0, 0.1) is 0 Å². The van der Waals surface area contributed by atoms with Gasteiger partial charge in [-0.3, -0.25) is 54.0 Å². The fourth-order valence-corrected chi connectivity index (χ4v) is 20.7. The molecular formula is C114H177N23. The van der Waals surface area contributed by atoms with Gasteiger partial charge in [-0.25, -0.2) is 34.4 Å². The first-order chi connectivity index (χ1) is 65.0. The molecule has 9 aromatic heterocycles. The number of hydrogen-bond donors (Lipinski definition) is 1. The van der Waals surface area contributed by atoms with Crippen molar-refractivity contribution in [2.24, 2.45) is 15.0 Å². The zero-order valence-electron chi connectivity index (χ0n) is 91.3. The van der Waals surface area contributed by atoms with Crippen molar-refractivity contribution in [3.05, 3.63) is 205 Å². The highest BCUT2D eigenvalue weighted by atomic mass is 15.3. The van der Waals surface area contributed by atoms with Crippen LogP contribution in [-0.2, 0) is 0 Å². The molecule has 0 bridgehead atoms. The van der Waals surface area contributed by atoms with Gasteiger partial charge in [-0.2, -0.15) is 19.8 Å². The van der Waals surface area contributed by atoms with Gasteiger partial charge in [-0.1, -0.05) is 262 Å². The maximum atomic E-state index is 4.61. The minimum Gasteiger partial charge on any atom is -0.301 e. The molecule has 18 rings (SSSR count). The first-order valence-electron chi connectivity index (χ1n) is 52.7. The van der Waals surface area contributed by atoms with Gasteiger partial charge in [0.25, 0.3) is 0 Å². The number of nitrogens with one attached hydrogen (secondary N) is 1. The van der Waals surface area contributed by atoms with Crippen molar-refractivity contribution < 1.29 is 0 Å². The third-order valence-corrected chi connectivity index (χ3v) is 28.1. The van der Waals surface area contributed by atoms with Crippen LogP contribution in [0.5, 0.6) is 0 Å². The fourth-order valence-electron chi connectivity index (χ4n) is 20.7. The van der Waals surface area contributed by atoms with Crippen molar-refractivity contribution in [2.75, 3.05) is 39.4 Å². The van der Waals surface area contributed by atoms with Gasteiger partial charge in [-0.05, 0) is 185 Å². The molecule has 23 nitrogen and oxygen atoms in total. The van der Waals surface area contributed by atoms with Crippen LogP contribution < -0.4 is 21.3 Å². The minimum absolute atomic E-state index is 0.357. The average molecular weight is 1870 g/mol. The van der Waals surface area contributed by atoms with Gasteiger partial charge in [0.15, 0.2) is 16.9 Å². The molecule has 2 aliphatic carbocycles. The maximum Gasteiger partial charge on any atom is 0.177 e. The first kappa shape index (κ1) is 110. The molecule has 3 aromatic carbocycles. The van der Waals surface area contributed by atoms with Crippen molar-refractivity contribution in [3.8, 4) is 0 Å². The van der Waals surface area contributed by atoms with E-state index in [9.17, 15) is 0 Å². The number of piperazine rings is 2. The molecule has 13 heterocycles. The third-order valence-electron chi connectivity index (χ3n) is 28.1. The number of hydrogen-bond acceptors (Lipinski definition) is 18. The second kappa shape index (κ2) is 50.1. The van der Waals surface area contributed by atoms with E-state index < -0.39 is 0 Å². The van der Waals surface area contributed by atoms with E-state index >= 15 is 0 Å². The molecule has 0 spiro atoms. The van der Waals surface area contributed by atoms with Crippen molar-refractivity contribution >= 4 is 39.6 Å². The Morgan fingerprint density at radius 1 is 0.299 bits per heavy atom. The van der Waals surface area contributed by atoms with E-state index in [1.807, 2.05) is 64.8 Å². The molecule has 6 aliphatic rings. The van der Waals surface area contributed by atoms with E-state index in [2.05, 4.69) is 395 Å². The van der Waals surface area contributed by atoms with Crippen molar-refractivity contribution in [3.63, 3.8) is 0 Å². The number of aromatic nitrogens is 16. The monoisotopic (exact) mass is 1870 g/mol. The zero-order chi connectivity index (χ0) is 100. The van der Waals surface area contributed by atoms with Crippen LogP contribution in [0.1, 0.15) is 462 Å². The molecular weight excluding hydrogens is 1690 g/mol. The lowest BCUT2D eigenvalue weighted by Gasteiger charge is -2.52. The van der Waals surface area contributed by atoms with Crippen LogP contribution in [0.2, 0.25) is 0 Å². The Bertz CT molecular complexity index is 5040. The Kier molecular flexibility index (Phi) is 40.1. The molecule has 0 radical (unpaired) electrons. The molecule has 12 aromatic rings. The van der Waals surface area contributed by atoms with E-state index in [4.69, 9.17) is 0 Å². The van der Waals surface area contributed by atoms with Gasteiger partial charge in [0.2, 0.25) is 0 Å². The number of rotatable bonds is 18.